The number of aliphatic hydroxyl groups is 4. The number of nitrogens with two attached hydrogens (primary N) is 1. The zero-order valence-electron chi connectivity index (χ0n) is 10.5. The van der Waals surface area contributed by atoms with E-state index in [1.807, 2.05) is 0 Å². The smallest absolute Gasteiger partial charge is 0.321 e. The van der Waals surface area contributed by atoms with E-state index in [9.17, 15) is 30.0 Å². The molecule has 20 heavy (non-hydrogen) atoms. The summed E-state index contributed by atoms with van der Waals surface area (Å²) >= 11 is 0. The topological polar surface area (TPSA) is 183 Å². The number of primary amides is 1. The minimum absolute atomic E-state index is 0.441. The van der Waals surface area contributed by atoms with Crippen LogP contribution in [0.15, 0.2) is 0 Å². The molecule has 10 heteroatoms. The number of ether oxygens (including phenoxy) is 1. The Balaban J connectivity index is 2.66. The quantitative estimate of drug-likeness (QED) is 0.255. The first-order chi connectivity index (χ1) is 9.17. The molecule has 0 aliphatic carbocycles. The highest BCUT2D eigenvalue weighted by Gasteiger charge is 2.48. The Morgan fingerprint density at radius 3 is 2.50 bits per heavy atom. The van der Waals surface area contributed by atoms with Crippen LogP contribution in [-0.4, -0.2) is 80.7 Å². The second kappa shape index (κ2) is 6.43. The molecule has 0 aromatic rings. The maximum absolute atomic E-state index is 10.9. The van der Waals surface area contributed by atoms with Crippen molar-refractivity contribution < 1.29 is 39.9 Å². The predicted octanol–water partition coefficient (Wildman–Crippen LogP) is -4.29. The molecule has 0 aromatic heterocycles. The Morgan fingerprint density at radius 1 is 1.40 bits per heavy atom. The Morgan fingerprint density at radius 2 is 2.00 bits per heavy atom. The molecule has 8 N–H and O–H groups in total. The van der Waals surface area contributed by atoms with Crippen molar-refractivity contribution in [2.45, 2.75) is 36.6 Å². The minimum atomic E-state index is -2.29. The van der Waals surface area contributed by atoms with E-state index >= 15 is 0 Å². The summed E-state index contributed by atoms with van der Waals surface area (Å²) in [6.07, 6.45) is -5.38. The summed E-state index contributed by atoms with van der Waals surface area (Å²) < 4.78 is 4.82. The lowest BCUT2D eigenvalue weighted by Crippen LogP contribution is -2.65. The van der Waals surface area contributed by atoms with Crippen LogP contribution in [0.2, 0.25) is 0 Å². The number of amides is 1. The van der Waals surface area contributed by atoms with Gasteiger partial charge in [0.2, 0.25) is 11.7 Å². The lowest BCUT2D eigenvalue weighted by Gasteiger charge is -2.42. The molecule has 10 nitrogen and oxygen atoms in total. The molecular weight excluding hydrogens is 276 g/mol. The maximum Gasteiger partial charge on any atom is 0.321 e. The predicted molar refractivity (Wildman–Crippen MR) is 62.2 cm³/mol. The fourth-order valence-corrected chi connectivity index (χ4v) is 1.76. The number of nitrogens with one attached hydrogen (secondary N) is 1. The van der Waals surface area contributed by atoms with Gasteiger partial charge in [-0.15, -0.1) is 0 Å². The third kappa shape index (κ3) is 3.85. The summed E-state index contributed by atoms with van der Waals surface area (Å²) in [5.74, 6) is -4.53. The molecule has 1 aliphatic heterocycles. The standard InChI is InChI=1S/C10H18N2O8/c11-6(14)1-4(9(17)18)12-3-10(19)8(16)7(15)5(13)2-20-10/h4-5,7-8,12-13,15-16,19H,1-3H2,(H2,11,14)(H,17,18)/t4-,5-,7-,8+,10-/m1/s1. The fraction of sp³-hybridized carbons (Fsp3) is 0.800. The summed E-state index contributed by atoms with van der Waals surface area (Å²) in [7, 11) is 0. The number of hydrogen-bond acceptors (Lipinski definition) is 8. The molecule has 0 bridgehead atoms. The van der Waals surface area contributed by atoms with Crippen molar-refractivity contribution in [3.63, 3.8) is 0 Å². The zero-order chi connectivity index (χ0) is 15.5. The van der Waals surface area contributed by atoms with Crippen molar-refractivity contribution in [1.29, 1.82) is 0 Å². The van der Waals surface area contributed by atoms with Gasteiger partial charge in [-0.2, -0.15) is 0 Å². The number of rotatable bonds is 6. The SMILES string of the molecule is NC(=O)C[C@@H](NC[C@@]1(O)OC[C@@H](O)[C@@H](O)[C@@H]1O)C(=O)O. The summed E-state index contributed by atoms with van der Waals surface area (Å²) in [4.78, 5) is 21.6. The van der Waals surface area contributed by atoms with E-state index in [2.05, 4.69) is 5.32 Å². The first-order valence-corrected chi connectivity index (χ1v) is 5.82. The second-order valence-electron chi connectivity index (χ2n) is 4.60. The van der Waals surface area contributed by atoms with E-state index in [0.717, 1.165) is 0 Å². The molecular formula is C10H18N2O8. The lowest BCUT2D eigenvalue weighted by molar-refractivity contribution is -0.318. The van der Waals surface area contributed by atoms with Crippen LogP contribution in [0.4, 0.5) is 0 Å². The number of carboxylic acids is 1. The van der Waals surface area contributed by atoms with E-state index in [1.54, 1.807) is 0 Å². The van der Waals surface area contributed by atoms with Crippen molar-refractivity contribution >= 4 is 11.9 Å². The van der Waals surface area contributed by atoms with Crippen molar-refractivity contribution in [1.82, 2.24) is 5.32 Å². The molecule has 5 atom stereocenters. The summed E-state index contributed by atoms with van der Waals surface area (Å²) in [6.45, 7) is -1.02. The van der Waals surface area contributed by atoms with Crippen molar-refractivity contribution in [2.75, 3.05) is 13.2 Å². The van der Waals surface area contributed by atoms with E-state index in [-0.39, 0.29) is 0 Å². The van der Waals surface area contributed by atoms with Crippen molar-refractivity contribution in [2.24, 2.45) is 5.73 Å². The highest BCUT2D eigenvalue weighted by atomic mass is 16.6. The fourth-order valence-electron chi connectivity index (χ4n) is 1.76. The molecule has 1 rings (SSSR count). The van der Waals surface area contributed by atoms with Crippen LogP contribution in [0.3, 0.4) is 0 Å². The minimum Gasteiger partial charge on any atom is -0.480 e. The van der Waals surface area contributed by atoms with Gasteiger partial charge in [0.1, 0.15) is 24.4 Å². The molecule has 1 aliphatic rings. The number of carbonyl (C=O) groups is 2. The van der Waals surface area contributed by atoms with Gasteiger partial charge in [0, 0.05) is 0 Å². The summed E-state index contributed by atoms with van der Waals surface area (Å²) in [6, 6.07) is -1.38. The van der Waals surface area contributed by atoms with Crippen LogP contribution in [0, 0.1) is 0 Å². The largest absolute Gasteiger partial charge is 0.480 e. The van der Waals surface area contributed by atoms with Gasteiger partial charge in [-0.25, -0.2) is 0 Å². The lowest BCUT2D eigenvalue weighted by atomic mass is 9.96. The number of aliphatic carboxylic acids is 1. The number of carboxylic acid groups (broad SMARTS) is 1. The molecule has 1 amide bonds. The second-order valence-corrected chi connectivity index (χ2v) is 4.60. The third-order valence-electron chi connectivity index (χ3n) is 2.99. The monoisotopic (exact) mass is 294 g/mol. The summed E-state index contributed by atoms with van der Waals surface area (Å²) in [5, 5.41) is 49.5. The zero-order valence-corrected chi connectivity index (χ0v) is 10.5. The first-order valence-electron chi connectivity index (χ1n) is 5.82. The van der Waals surface area contributed by atoms with Crippen LogP contribution in [-0.2, 0) is 14.3 Å². The van der Waals surface area contributed by atoms with Gasteiger partial charge in [-0.05, 0) is 0 Å². The Labute approximate surface area is 113 Å². The highest BCUT2D eigenvalue weighted by Crippen LogP contribution is 2.23. The van der Waals surface area contributed by atoms with Crippen LogP contribution in [0.1, 0.15) is 6.42 Å². The Hall–Kier alpha value is -1.30. The van der Waals surface area contributed by atoms with Crippen molar-refractivity contribution in [3.8, 4) is 0 Å². The van der Waals surface area contributed by atoms with E-state index < -0.39 is 61.6 Å². The average Bonchev–Trinajstić information content (AvgIpc) is 2.36. The Kier molecular flexibility index (Phi) is 5.39. The van der Waals surface area contributed by atoms with Crippen LogP contribution < -0.4 is 11.1 Å². The van der Waals surface area contributed by atoms with Crippen molar-refractivity contribution in [3.05, 3.63) is 0 Å². The molecule has 1 saturated heterocycles. The van der Waals surface area contributed by atoms with Gasteiger partial charge in [-0.1, -0.05) is 0 Å². The number of aliphatic hydroxyl groups excluding tert-OH is 3. The van der Waals surface area contributed by atoms with Crippen LogP contribution in [0.25, 0.3) is 0 Å². The third-order valence-corrected chi connectivity index (χ3v) is 2.99. The van der Waals surface area contributed by atoms with Crippen LogP contribution >= 0.6 is 0 Å². The first kappa shape index (κ1) is 16.8. The molecule has 0 spiro atoms. The molecule has 116 valence electrons. The van der Waals surface area contributed by atoms with E-state index in [4.69, 9.17) is 15.6 Å². The van der Waals surface area contributed by atoms with Gasteiger partial charge >= 0.3 is 5.97 Å². The van der Waals surface area contributed by atoms with Gasteiger partial charge in [0.25, 0.3) is 0 Å². The molecule has 0 radical (unpaired) electrons. The normalized spacial score (nSPS) is 35.5. The van der Waals surface area contributed by atoms with Gasteiger partial charge in [-0.3, -0.25) is 14.9 Å². The Bertz CT molecular complexity index is 378. The maximum atomic E-state index is 10.9. The van der Waals surface area contributed by atoms with Gasteiger partial charge in [0.15, 0.2) is 0 Å². The van der Waals surface area contributed by atoms with Gasteiger partial charge in [0.05, 0.1) is 19.6 Å². The molecule has 0 aromatic carbocycles. The molecule has 1 fully saturated rings. The number of carbonyl (C=O) groups excluding carboxylic acids is 1. The van der Waals surface area contributed by atoms with E-state index in [1.165, 1.54) is 0 Å². The van der Waals surface area contributed by atoms with E-state index in [0.29, 0.717) is 0 Å². The molecule has 0 unspecified atom stereocenters. The van der Waals surface area contributed by atoms with Crippen LogP contribution in [0.5, 0.6) is 0 Å². The number of hydrogen-bond donors (Lipinski definition) is 7. The van der Waals surface area contributed by atoms with Gasteiger partial charge < -0.3 is 36.0 Å². The highest BCUT2D eigenvalue weighted by molar-refractivity contribution is 5.83. The molecule has 0 saturated carbocycles. The average molecular weight is 294 g/mol. The molecule has 1 heterocycles. The summed E-state index contributed by atoms with van der Waals surface area (Å²) in [5.41, 5.74) is 4.88.